The lowest BCUT2D eigenvalue weighted by atomic mass is 10.0. The van der Waals surface area contributed by atoms with Crippen molar-refractivity contribution in [1.82, 2.24) is 9.97 Å². The van der Waals surface area contributed by atoms with Crippen LogP contribution in [-0.4, -0.2) is 35.0 Å². The Morgan fingerprint density at radius 1 is 1.21 bits per heavy atom. The predicted octanol–water partition coefficient (Wildman–Crippen LogP) is 3.52. The second-order valence-electron chi connectivity index (χ2n) is 8.43. The van der Waals surface area contributed by atoms with Crippen LogP contribution in [0.1, 0.15) is 39.9 Å². The topological polar surface area (TPSA) is 143 Å². The number of primary amides is 1. The number of nitrogen functional groups attached to an aromatic ring is 1. The van der Waals surface area contributed by atoms with E-state index >= 15 is 0 Å². The Hall–Kier alpha value is -4.32. The summed E-state index contributed by atoms with van der Waals surface area (Å²) < 4.78 is 6.03. The van der Waals surface area contributed by atoms with Crippen molar-refractivity contribution in [3.8, 4) is 17.7 Å². The van der Waals surface area contributed by atoms with Crippen LogP contribution in [0.15, 0.2) is 42.6 Å². The number of nitrogens with two attached hydrogens (primary N) is 2. The number of hydrogen-bond acceptors (Lipinski definition) is 8. The van der Waals surface area contributed by atoms with Crippen LogP contribution in [0.4, 0.5) is 17.3 Å². The molecule has 0 atom stereocenters. The van der Waals surface area contributed by atoms with E-state index in [0.29, 0.717) is 28.5 Å². The summed E-state index contributed by atoms with van der Waals surface area (Å²) in [5.41, 5.74) is 15.5. The van der Waals surface area contributed by atoms with Gasteiger partial charge >= 0.3 is 0 Å². The molecule has 9 nitrogen and oxygen atoms in total. The fraction of sp³-hybridized carbons (Fsp3) is 0.280. The highest BCUT2D eigenvalue weighted by atomic mass is 16.5. The SMILES string of the molecule is Cc1cc(C#N)cc(C)c1Oc1nc(NC2CCN(c3cccc(C(N)=O)c3)CC2)ncc1N. The molecule has 1 fully saturated rings. The second kappa shape index (κ2) is 9.67. The Morgan fingerprint density at radius 2 is 1.91 bits per heavy atom. The van der Waals surface area contributed by atoms with Crippen LogP contribution in [-0.2, 0) is 0 Å². The minimum absolute atomic E-state index is 0.186. The molecule has 0 spiro atoms. The highest BCUT2D eigenvalue weighted by Crippen LogP contribution is 2.32. The fourth-order valence-electron chi connectivity index (χ4n) is 4.12. The van der Waals surface area contributed by atoms with Gasteiger partial charge in [0.2, 0.25) is 17.7 Å². The molecule has 3 aromatic rings. The number of anilines is 3. The first-order valence-electron chi connectivity index (χ1n) is 11.1. The highest BCUT2D eigenvalue weighted by Gasteiger charge is 2.21. The van der Waals surface area contributed by atoms with E-state index in [9.17, 15) is 4.79 Å². The molecule has 0 aliphatic carbocycles. The number of hydrogen-bond donors (Lipinski definition) is 3. The Bertz CT molecular complexity index is 1240. The molecule has 0 bridgehead atoms. The van der Waals surface area contributed by atoms with Gasteiger partial charge in [0.05, 0.1) is 17.8 Å². The Morgan fingerprint density at radius 3 is 2.56 bits per heavy atom. The summed E-state index contributed by atoms with van der Waals surface area (Å²) in [7, 11) is 0. The van der Waals surface area contributed by atoms with E-state index in [4.69, 9.17) is 21.5 Å². The van der Waals surface area contributed by atoms with Crippen molar-refractivity contribution in [2.24, 2.45) is 5.73 Å². The normalized spacial score (nSPS) is 13.9. The van der Waals surface area contributed by atoms with Gasteiger partial charge in [-0.2, -0.15) is 10.2 Å². The number of aryl methyl sites for hydroxylation is 2. The number of piperidine rings is 1. The Labute approximate surface area is 198 Å². The first-order valence-corrected chi connectivity index (χ1v) is 11.1. The van der Waals surface area contributed by atoms with Crippen molar-refractivity contribution < 1.29 is 9.53 Å². The zero-order valence-electron chi connectivity index (χ0n) is 19.2. The number of nitriles is 1. The molecule has 9 heteroatoms. The van der Waals surface area contributed by atoms with Crippen molar-refractivity contribution in [2.75, 3.05) is 29.0 Å². The summed E-state index contributed by atoms with van der Waals surface area (Å²) in [5, 5.41) is 12.5. The Kier molecular flexibility index (Phi) is 6.50. The zero-order chi connectivity index (χ0) is 24.2. The molecule has 1 aliphatic heterocycles. The van der Waals surface area contributed by atoms with Crippen LogP contribution in [0.3, 0.4) is 0 Å². The number of ether oxygens (including phenoxy) is 1. The van der Waals surface area contributed by atoms with Crippen molar-refractivity contribution in [1.29, 1.82) is 5.26 Å². The molecule has 0 unspecified atom stereocenters. The number of amides is 1. The maximum atomic E-state index is 11.5. The third-order valence-electron chi connectivity index (χ3n) is 5.89. The maximum Gasteiger partial charge on any atom is 0.248 e. The van der Waals surface area contributed by atoms with Gasteiger partial charge in [0, 0.05) is 30.4 Å². The standard InChI is InChI=1S/C25H27N7O2/c1-15-10-17(13-26)11-16(2)22(15)34-24-21(27)14-29-25(31-24)30-19-6-8-32(9-7-19)20-5-3-4-18(12-20)23(28)33/h3-5,10-12,14,19H,6-9,27H2,1-2H3,(H2,28,33)(H,29,30,31). The lowest BCUT2D eigenvalue weighted by Gasteiger charge is -2.34. The summed E-state index contributed by atoms with van der Waals surface area (Å²) in [4.78, 5) is 22.5. The average Bonchev–Trinajstić information content (AvgIpc) is 2.83. The monoisotopic (exact) mass is 457 g/mol. The summed E-state index contributed by atoms with van der Waals surface area (Å²) in [5.74, 6) is 0.918. The Balaban J connectivity index is 1.42. The van der Waals surface area contributed by atoms with Crippen LogP contribution >= 0.6 is 0 Å². The van der Waals surface area contributed by atoms with Gasteiger partial charge < -0.3 is 26.4 Å². The minimum Gasteiger partial charge on any atom is -0.436 e. The van der Waals surface area contributed by atoms with Gasteiger partial charge in [-0.05, 0) is 68.1 Å². The van der Waals surface area contributed by atoms with E-state index in [1.165, 1.54) is 6.20 Å². The van der Waals surface area contributed by atoms with Gasteiger partial charge in [-0.3, -0.25) is 4.79 Å². The summed E-state index contributed by atoms with van der Waals surface area (Å²) in [6, 6.07) is 13.3. The largest absolute Gasteiger partial charge is 0.436 e. The molecule has 1 aliphatic rings. The molecule has 1 amide bonds. The van der Waals surface area contributed by atoms with Crippen molar-refractivity contribution >= 4 is 23.2 Å². The molecule has 0 radical (unpaired) electrons. The fourth-order valence-corrected chi connectivity index (χ4v) is 4.12. The van der Waals surface area contributed by atoms with E-state index in [1.807, 2.05) is 32.0 Å². The van der Waals surface area contributed by atoms with E-state index < -0.39 is 5.91 Å². The van der Waals surface area contributed by atoms with Gasteiger partial charge in [0.15, 0.2) is 0 Å². The molecule has 2 aromatic carbocycles. The van der Waals surface area contributed by atoms with Gasteiger partial charge in [-0.15, -0.1) is 0 Å². The van der Waals surface area contributed by atoms with E-state index in [2.05, 4.69) is 26.3 Å². The number of carbonyl (C=O) groups excluding carboxylic acids is 1. The van der Waals surface area contributed by atoms with Crippen LogP contribution in [0.5, 0.6) is 11.6 Å². The molecule has 1 saturated heterocycles. The summed E-state index contributed by atoms with van der Waals surface area (Å²) in [6.45, 7) is 5.41. The molecule has 34 heavy (non-hydrogen) atoms. The van der Waals surface area contributed by atoms with Gasteiger partial charge in [0.1, 0.15) is 11.4 Å². The number of aromatic nitrogens is 2. The minimum atomic E-state index is -0.427. The van der Waals surface area contributed by atoms with E-state index in [-0.39, 0.29) is 11.9 Å². The van der Waals surface area contributed by atoms with E-state index in [1.54, 1.807) is 18.2 Å². The lowest BCUT2D eigenvalue weighted by Crippen LogP contribution is -2.39. The molecule has 5 N–H and O–H groups in total. The maximum absolute atomic E-state index is 11.5. The number of carbonyl (C=O) groups is 1. The third-order valence-corrected chi connectivity index (χ3v) is 5.89. The van der Waals surface area contributed by atoms with Gasteiger partial charge in [-0.1, -0.05) is 6.07 Å². The smallest absolute Gasteiger partial charge is 0.248 e. The average molecular weight is 458 g/mol. The highest BCUT2D eigenvalue weighted by molar-refractivity contribution is 5.93. The molecule has 174 valence electrons. The van der Waals surface area contributed by atoms with Crippen LogP contribution < -0.4 is 26.4 Å². The number of nitrogens with one attached hydrogen (secondary N) is 1. The van der Waals surface area contributed by atoms with Crippen LogP contribution in [0.2, 0.25) is 0 Å². The van der Waals surface area contributed by atoms with Crippen LogP contribution in [0, 0.1) is 25.2 Å². The second-order valence-corrected chi connectivity index (χ2v) is 8.43. The van der Waals surface area contributed by atoms with Gasteiger partial charge in [-0.25, -0.2) is 4.98 Å². The first kappa shape index (κ1) is 22.9. The molecule has 4 rings (SSSR count). The van der Waals surface area contributed by atoms with Gasteiger partial charge in [0.25, 0.3) is 0 Å². The third kappa shape index (κ3) is 5.02. The molecule has 0 saturated carbocycles. The van der Waals surface area contributed by atoms with Crippen molar-refractivity contribution in [2.45, 2.75) is 32.7 Å². The van der Waals surface area contributed by atoms with Crippen molar-refractivity contribution in [3.63, 3.8) is 0 Å². The molecular formula is C25H27N7O2. The number of nitrogens with zero attached hydrogens (tertiary/aromatic N) is 4. The zero-order valence-corrected chi connectivity index (χ0v) is 19.2. The van der Waals surface area contributed by atoms with E-state index in [0.717, 1.165) is 42.7 Å². The van der Waals surface area contributed by atoms with Crippen LogP contribution in [0.25, 0.3) is 0 Å². The summed E-state index contributed by atoms with van der Waals surface area (Å²) >= 11 is 0. The number of benzene rings is 2. The molecular weight excluding hydrogens is 430 g/mol. The predicted molar refractivity (Wildman–Crippen MR) is 131 cm³/mol. The molecule has 2 heterocycles. The summed E-state index contributed by atoms with van der Waals surface area (Å²) in [6.07, 6.45) is 3.28. The lowest BCUT2D eigenvalue weighted by molar-refractivity contribution is 0.100. The first-order chi connectivity index (χ1) is 16.3. The molecule has 1 aromatic heterocycles. The van der Waals surface area contributed by atoms with Crippen molar-refractivity contribution in [3.05, 3.63) is 64.8 Å². The number of rotatable bonds is 6. The quantitative estimate of drug-likeness (QED) is 0.510.